The molecule has 0 amide bonds. The van der Waals surface area contributed by atoms with E-state index in [4.69, 9.17) is 4.74 Å². The third-order valence-electron chi connectivity index (χ3n) is 3.82. The standard InChI is InChI=1S/C16H23NO2/c1-3-19-15(18)16(11-7-8-13(2)12-16)17-14-9-5-4-6-10-14/h4-6,9-10,13,17H,3,7-8,11-12H2,1-2H3. The molecule has 1 aromatic carbocycles. The van der Waals surface area contributed by atoms with E-state index in [0.717, 1.165) is 24.9 Å². The zero-order valence-corrected chi connectivity index (χ0v) is 11.8. The molecule has 1 aliphatic rings. The first-order valence-corrected chi connectivity index (χ1v) is 7.17. The van der Waals surface area contributed by atoms with Crippen molar-refractivity contribution in [2.24, 2.45) is 5.92 Å². The van der Waals surface area contributed by atoms with E-state index in [1.807, 2.05) is 37.3 Å². The Morgan fingerprint density at radius 1 is 1.42 bits per heavy atom. The van der Waals surface area contributed by atoms with Crippen LogP contribution in [-0.2, 0) is 9.53 Å². The average Bonchev–Trinajstić information content (AvgIpc) is 2.40. The Morgan fingerprint density at radius 2 is 2.16 bits per heavy atom. The van der Waals surface area contributed by atoms with Crippen LogP contribution in [0.5, 0.6) is 0 Å². The molecule has 0 aliphatic heterocycles. The summed E-state index contributed by atoms with van der Waals surface area (Å²) in [5, 5.41) is 3.43. The number of carbonyl (C=O) groups excluding carboxylic acids is 1. The molecular formula is C16H23NO2. The SMILES string of the molecule is CCOC(=O)C1(Nc2ccccc2)CCCC(C)C1. The maximum atomic E-state index is 12.4. The summed E-state index contributed by atoms with van der Waals surface area (Å²) in [7, 11) is 0. The van der Waals surface area contributed by atoms with Crippen molar-refractivity contribution in [3.05, 3.63) is 30.3 Å². The highest BCUT2D eigenvalue weighted by Gasteiger charge is 2.43. The number of hydrogen-bond donors (Lipinski definition) is 1. The van der Waals surface area contributed by atoms with E-state index in [-0.39, 0.29) is 5.97 Å². The minimum absolute atomic E-state index is 0.106. The Bertz CT molecular complexity index is 418. The Hall–Kier alpha value is -1.51. The average molecular weight is 261 g/mol. The second kappa shape index (κ2) is 6.09. The molecule has 0 aromatic heterocycles. The smallest absolute Gasteiger partial charge is 0.331 e. The highest BCUT2D eigenvalue weighted by molar-refractivity contribution is 5.84. The van der Waals surface area contributed by atoms with E-state index in [1.54, 1.807) is 0 Å². The van der Waals surface area contributed by atoms with Gasteiger partial charge in [0.05, 0.1) is 6.61 Å². The monoisotopic (exact) mass is 261 g/mol. The Kier molecular flexibility index (Phi) is 4.46. The fourth-order valence-electron chi connectivity index (χ4n) is 2.97. The molecule has 104 valence electrons. The van der Waals surface area contributed by atoms with Gasteiger partial charge in [0.25, 0.3) is 0 Å². The molecule has 1 aromatic rings. The summed E-state index contributed by atoms with van der Waals surface area (Å²) in [4.78, 5) is 12.4. The quantitative estimate of drug-likeness (QED) is 0.841. The van der Waals surface area contributed by atoms with Crippen molar-refractivity contribution >= 4 is 11.7 Å². The zero-order chi connectivity index (χ0) is 13.7. The summed E-state index contributed by atoms with van der Waals surface area (Å²) in [6.07, 6.45) is 3.96. The van der Waals surface area contributed by atoms with Crippen LogP contribution in [0.3, 0.4) is 0 Å². The molecular weight excluding hydrogens is 238 g/mol. The molecule has 0 heterocycles. The van der Waals surface area contributed by atoms with Crippen LogP contribution in [0, 0.1) is 5.92 Å². The number of anilines is 1. The number of esters is 1. The summed E-state index contributed by atoms with van der Waals surface area (Å²) in [5.41, 5.74) is 0.444. The lowest BCUT2D eigenvalue weighted by Crippen LogP contribution is -2.50. The number of hydrogen-bond acceptors (Lipinski definition) is 3. The van der Waals surface area contributed by atoms with Crippen molar-refractivity contribution < 1.29 is 9.53 Å². The fourth-order valence-corrected chi connectivity index (χ4v) is 2.97. The molecule has 3 heteroatoms. The molecule has 2 unspecified atom stereocenters. The Balaban J connectivity index is 2.21. The fraction of sp³-hybridized carbons (Fsp3) is 0.562. The number of ether oxygens (including phenoxy) is 1. The van der Waals surface area contributed by atoms with E-state index >= 15 is 0 Å². The molecule has 1 fully saturated rings. The van der Waals surface area contributed by atoms with Gasteiger partial charge in [-0.15, -0.1) is 0 Å². The zero-order valence-electron chi connectivity index (χ0n) is 11.8. The summed E-state index contributed by atoms with van der Waals surface area (Å²) in [6.45, 7) is 4.51. The van der Waals surface area contributed by atoms with Crippen LogP contribution >= 0.6 is 0 Å². The maximum absolute atomic E-state index is 12.4. The second-order valence-electron chi connectivity index (χ2n) is 5.50. The molecule has 0 saturated heterocycles. The van der Waals surface area contributed by atoms with Gasteiger partial charge in [-0.25, -0.2) is 4.79 Å². The van der Waals surface area contributed by atoms with E-state index in [1.165, 1.54) is 6.42 Å². The van der Waals surface area contributed by atoms with Gasteiger partial charge < -0.3 is 10.1 Å². The first-order chi connectivity index (χ1) is 9.16. The predicted molar refractivity (Wildman–Crippen MR) is 77.1 cm³/mol. The third-order valence-corrected chi connectivity index (χ3v) is 3.82. The van der Waals surface area contributed by atoms with Crippen LogP contribution in [0.1, 0.15) is 39.5 Å². The van der Waals surface area contributed by atoms with E-state index in [9.17, 15) is 4.79 Å². The number of para-hydroxylation sites is 1. The van der Waals surface area contributed by atoms with Crippen LogP contribution in [0.15, 0.2) is 30.3 Å². The van der Waals surface area contributed by atoms with Gasteiger partial charge in [0.2, 0.25) is 0 Å². The van der Waals surface area contributed by atoms with E-state index < -0.39 is 5.54 Å². The van der Waals surface area contributed by atoms with E-state index in [2.05, 4.69) is 12.2 Å². The lowest BCUT2D eigenvalue weighted by Gasteiger charge is -2.39. The van der Waals surface area contributed by atoms with Gasteiger partial charge in [-0.05, 0) is 37.8 Å². The molecule has 2 rings (SSSR count). The molecule has 2 atom stereocenters. The Labute approximate surface area is 115 Å². The molecule has 0 spiro atoms. The van der Waals surface area contributed by atoms with Crippen LogP contribution < -0.4 is 5.32 Å². The molecule has 1 aliphatic carbocycles. The first kappa shape index (κ1) is 13.9. The minimum atomic E-state index is -0.547. The molecule has 1 N–H and O–H groups in total. The van der Waals surface area contributed by atoms with Crippen molar-refractivity contribution in [3.63, 3.8) is 0 Å². The van der Waals surface area contributed by atoms with Gasteiger partial charge in [-0.1, -0.05) is 38.0 Å². The molecule has 1 saturated carbocycles. The lowest BCUT2D eigenvalue weighted by molar-refractivity contribution is -0.150. The Morgan fingerprint density at radius 3 is 2.79 bits per heavy atom. The summed E-state index contributed by atoms with van der Waals surface area (Å²) >= 11 is 0. The molecule has 0 radical (unpaired) electrons. The minimum Gasteiger partial charge on any atom is -0.464 e. The van der Waals surface area contributed by atoms with Gasteiger partial charge in [0, 0.05) is 5.69 Å². The van der Waals surface area contributed by atoms with E-state index in [0.29, 0.717) is 12.5 Å². The van der Waals surface area contributed by atoms with Crippen molar-refractivity contribution in [2.75, 3.05) is 11.9 Å². The van der Waals surface area contributed by atoms with Crippen molar-refractivity contribution in [2.45, 2.75) is 45.1 Å². The van der Waals surface area contributed by atoms with Crippen molar-refractivity contribution in [3.8, 4) is 0 Å². The molecule has 19 heavy (non-hydrogen) atoms. The summed E-state index contributed by atoms with van der Waals surface area (Å²) in [5.74, 6) is 0.444. The largest absolute Gasteiger partial charge is 0.464 e. The van der Waals surface area contributed by atoms with Crippen LogP contribution in [-0.4, -0.2) is 18.1 Å². The van der Waals surface area contributed by atoms with Gasteiger partial charge in [-0.3, -0.25) is 0 Å². The highest BCUT2D eigenvalue weighted by Crippen LogP contribution is 2.36. The third kappa shape index (κ3) is 3.28. The van der Waals surface area contributed by atoms with Gasteiger partial charge >= 0.3 is 5.97 Å². The number of carbonyl (C=O) groups is 1. The van der Waals surface area contributed by atoms with Crippen LogP contribution in [0.4, 0.5) is 5.69 Å². The molecule has 3 nitrogen and oxygen atoms in total. The molecule has 0 bridgehead atoms. The van der Waals surface area contributed by atoms with Crippen molar-refractivity contribution in [1.82, 2.24) is 0 Å². The maximum Gasteiger partial charge on any atom is 0.331 e. The summed E-state index contributed by atoms with van der Waals surface area (Å²) in [6, 6.07) is 9.94. The normalized spacial score (nSPS) is 26.7. The number of benzene rings is 1. The van der Waals surface area contributed by atoms with Gasteiger partial charge in [-0.2, -0.15) is 0 Å². The summed E-state index contributed by atoms with van der Waals surface area (Å²) < 4.78 is 5.30. The number of nitrogens with one attached hydrogen (secondary N) is 1. The van der Waals surface area contributed by atoms with Crippen molar-refractivity contribution in [1.29, 1.82) is 0 Å². The van der Waals surface area contributed by atoms with Crippen LogP contribution in [0.2, 0.25) is 0 Å². The number of rotatable bonds is 4. The highest BCUT2D eigenvalue weighted by atomic mass is 16.5. The topological polar surface area (TPSA) is 38.3 Å². The van der Waals surface area contributed by atoms with Crippen LogP contribution in [0.25, 0.3) is 0 Å². The predicted octanol–water partition coefficient (Wildman–Crippen LogP) is 3.61. The first-order valence-electron chi connectivity index (χ1n) is 7.17. The van der Waals surface area contributed by atoms with Gasteiger partial charge in [0.1, 0.15) is 5.54 Å². The second-order valence-corrected chi connectivity index (χ2v) is 5.50. The lowest BCUT2D eigenvalue weighted by atomic mass is 9.76. The van der Waals surface area contributed by atoms with Gasteiger partial charge in [0.15, 0.2) is 0 Å².